The van der Waals surface area contributed by atoms with Crippen LogP contribution in [-0.4, -0.2) is 11.1 Å². The van der Waals surface area contributed by atoms with Gasteiger partial charge in [-0.2, -0.15) is 0 Å². The molecule has 0 heterocycles. The highest BCUT2D eigenvalue weighted by Crippen LogP contribution is 2.26. The van der Waals surface area contributed by atoms with E-state index in [2.05, 4.69) is 32.2 Å². The molecule has 0 aliphatic heterocycles. The second-order valence-electron chi connectivity index (χ2n) is 5.58. The van der Waals surface area contributed by atoms with Gasteiger partial charge < -0.3 is 10.4 Å². The molecule has 0 saturated carbocycles. The lowest BCUT2D eigenvalue weighted by atomic mass is 10.0. The van der Waals surface area contributed by atoms with Crippen LogP contribution in [-0.2, 0) is 0 Å². The van der Waals surface area contributed by atoms with Gasteiger partial charge in [0.2, 0.25) is 0 Å². The van der Waals surface area contributed by atoms with Crippen LogP contribution in [0.1, 0.15) is 70.0 Å². The van der Waals surface area contributed by atoms with Crippen LogP contribution in [0.15, 0.2) is 18.2 Å². The van der Waals surface area contributed by atoms with E-state index in [9.17, 15) is 5.11 Å². The summed E-state index contributed by atoms with van der Waals surface area (Å²) in [4.78, 5) is 0. The van der Waals surface area contributed by atoms with Crippen LogP contribution in [0.4, 0.5) is 0 Å². The molecule has 0 spiro atoms. The Morgan fingerprint density at radius 1 is 1.16 bits per heavy atom. The van der Waals surface area contributed by atoms with Crippen LogP contribution in [0.5, 0.6) is 5.75 Å². The highest BCUT2D eigenvalue weighted by atomic mass is 16.3. The standard InChI is InChI=1S/C17H29NO/c1-5-7-9-15(8-6-2)18-14(4)16-11-10-13(3)12-17(16)19/h10-12,14-15,18-19H,5-9H2,1-4H3. The first-order valence-corrected chi connectivity index (χ1v) is 7.64. The zero-order valence-corrected chi connectivity index (χ0v) is 12.9. The van der Waals surface area contributed by atoms with Crippen LogP contribution in [0.3, 0.4) is 0 Å². The first kappa shape index (κ1) is 16.0. The summed E-state index contributed by atoms with van der Waals surface area (Å²) in [6.07, 6.45) is 6.14. The fourth-order valence-corrected chi connectivity index (χ4v) is 2.57. The molecule has 2 heteroatoms. The maximum Gasteiger partial charge on any atom is 0.120 e. The van der Waals surface area contributed by atoms with E-state index in [-0.39, 0.29) is 6.04 Å². The molecule has 1 aromatic rings. The van der Waals surface area contributed by atoms with Gasteiger partial charge in [0.05, 0.1) is 0 Å². The fourth-order valence-electron chi connectivity index (χ4n) is 2.57. The second-order valence-corrected chi connectivity index (χ2v) is 5.58. The van der Waals surface area contributed by atoms with Crippen molar-refractivity contribution < 1.29 is 5.11 Å². The average molecular weight is 263 g/mol. The molecular weight excluding hydrogens is 234 g/mol. The molecule has 2 atom stereocenters. The quantitative estimate of drug-likeness (QED) is 0.712. The van der Waals surface area contributed by atoms with E-state index in [0.717, 1.165) is 11.1 Å². The normalized spacial score (nSPS) is 14.3. The number of aromatic hydroxyl groups is 1. The lowest BCUT2D eigenvalue weighted by Crippen LogP contribution is -2.31. The summed E-state index contributed by atoms with van der Waals surface area (Å²) in [5, 5.41) is 13.7. The topological polar surface area (TPSA) is 32.3 Å². The van der Waals surface area contributed by atoms with E-state index < -0.39 is 0 Å². The number of aryl methyl sites for hydroxylation is 1. The van der Waals surface area contributed by atoms with Crippen molar-refractivity contribution >= 4 is 0 Å². The summed E-state index contributed by atoms with van der Waals surface area (Å²) in [6.45, 7) is 8.61. The van der Waals surface area contributed by atoms with Crippen LogP contribution >= 0.6 is 0 Å². The van der Waals surface area contributed by atoms with E-state index in [1.165, 1.54) is 32.1 Å². The van der Waals surface area contributed by atoms with Gasteiger partial charge in [0.25, 0.3) is 0 Å². The van der Waals surface area contributed by atoms with Crippen molar-refractivity contribution in [3.8, 4) is 5.75 Å². The minimum absolute atomic E-state index is 0.203. The Balaban J connectivity index is 2.66. The average Bonchev–Trinajstić information content (AvgIpc) is 2.36. The minimum atomic E-state index is 0.203. The third-order valence-corrected chi connectivity index (χ3v) is 3.68. The number of hydrogen-bond donors (Lipinski definition) is 2. The molecule has 0 aliphatic rings. The summed E-state index contributed by atoms with van der Waals surface area (Å²) in [6, 6.07) is 6.70. The summed E-state index contributed by atoms with van der Waals surface area (Å²) in [5.74, 6) is 0.408. The number of phenolic OH excluding ortho intramolecular Hbond substituents is 1. The van der Waals surface area contributed by atoms with Crippen molar-refractivity contribution in [1.82, 2.24) is 5.32 Å². The van der Waals surface area contributed by atoms with Crippen LogP contribution < -0.4 is 5.32 Å². The monoisotopic (exact) mass is 263 g/mol. The third kappa shape index (κ3) is 5.23. The molecule has 19 heavy (non-hydrogen) atoms. The smallest absolute Gasteiger partial charge is 0.120 e. The summed E-state index contributed by atoms with van der Waals surface area (Å²) in [5.41, 5.74) is 2.10. The molecule has 2 unspecified atom stereocenters. The van der Waals surface area contributed by atoms with Gasteiger partial charge in [-0.05, 0) is 38.3 Å². The summed E-state index contributed by atoms with van der Waals surface area (Å²) >= 11 is 0. The van der Waals surface area contributed by atoms with Crippen LogP contribution in [0.25, 0.3) is 0 Å². The second kappa shape index (κ2) is 8.21. The van der Waals surface area contributed by atoms with E-state index in [0.29, 0.717) is 11.8 Å². The first-order valence-electron chi connectivity index (χ1n) is 7.64. The molecule has 108 valence electrons. The largest absolute Gasteiger partial charge is 0.508 e. The van der Waals surface area contributed by atoms with Gasteiger partial charge in [-0.3, -0.25) is 0 Å². The molecule has 0 fully saturated rings. The Labute approximate surface area is 118 Å². The van der Waals surface area contributed by atoms with E-state index in [1.54, 1.807) is 0 Å². The van der Waals surface area contributed by atoms with Gasteiger partial charge in [0.15, 0.2) is 0 Å². The van der Waals surface area contributed by atoms with E-state index in [4.69, 9.17) is 0 Å². The number of unbranched alkanes of at least 4 members (excludes halogenated alkanes) is 1. The predicted octanol–water partition coefficient (Wildman–Crippen LogP) is 4.71. The molecule has 1 aromatic carbocycles. The maximum atomic E-state index is 10.0. The van der Waals surface area contributed by atoms with Crippen molar-refractivity contribution in [2.75, 3.05) is 0 Å². The van der Waals surface area contributed by atoms with Crippen LogP contribution in [0, 0.1) is 6.92 Å². The molecule has 0 amide bonds. The van der Waals surface area contributed by atoms with Crippen molar-refractivity contribution in [1.29, 1.82) is 0 Å². The Kier molecular flexibility index (Phi) is 6.93. The van der Waals surface area contributed by atoms with Gasteiger partial charge in [0.1, 0.15) is 5.75 Å². The summed E-state index contributed by atoms with van der Waals surface area (Å²) < 4.78 is 0. The fraction of sp³-hybridized carbons (Fsp3) is 0.647. The van der Waals surface area contributed by atoms with Crippen molar-refractivity contribution in [2.45, 2.75) is 71.9 Å². The third-order valence-electron chi connectivity index (χ3n) is 3.68. The number of hydrogen-bond acceptors (Lipinski definition) is 2. The number of phenols is 1. The van der Waals surface area contributed by atoms with Gasteiger partial charge >= 0.3 is 0 Å². The molecule has 0 aliphatic carbocycles. The Morgan fingerprint density at radius 2 is 1.89 bits per heavy atom. The predicted molar refractivity (Wildman–Crippen MR) is 82.6 cm³/mol. The zero-order valence-electron chi connectivity index (χ0n) is 12.9. The highest BCUT2D eigenvalue weighted by Gasteiger charge is 2.15. The van der Waals surface area contributed by atoms with E-state index in [1.807, 2.05) is 19.1 Å². The van der Waals surface area contributed by atoms with Gasteiger partial charge in [0, 0.05) is 17.6 Å². The molecule has 0 aromatic heterocycles. The van der Waals surface area contributed by atoms with Gasteiger partial charge in [-0.15, -0.1) is 0 Å². The molecule has 1 rings (SSSR count). The first-order chi connectivity index (χ1) is 9.08. The molecule has 0 saturated heterocycles. The minimum Gasteiger partial charge on any atom is -0.508 e. The number of benzene rings is 1. The van der Waals surface area contributed by atoms with Crippen molar-refractivity contribution in [3.05, 3.63) is 29.3 Å². The lowest BCUT2D eigenvalue weighted by molar-refractivity contribution is 0.385. The van der Waals surface area contributed by atoms with Crippen molar-refractivity contribution in [3.63, 3.8) is 0 Å². The molecule has 2 nitrogen and oxygen atoms in total. The van der Waals surface area contributed by atoms with Crippen molar-refractivity contribution in [2.24, 2.45) is 0 Å². The molecular formula is C17H29NO. The van der Waals surface area contributed by atoms with Gasteiger partial charge in [-0.1, -0.05) is 45.2 Å². The highest BCUT2D eigenvalue weighted by molar-refractivity contribution is 5.37. The molecule has 0 bridgehead atoms. The Morgan fingerprint density at radius 3 is 2.47 bits per heavy atom. The maximum absolute atomic E-state index is 10.0. The molecule has 0 radical (unpaired) electrons. The van der Waals surface area contributed by atoms with Gasteiger partial charge in [-0.25, -0.2) is 0 Å². The SMILES string of the molecule is CCCCC(CCC)NC(C)c1ccc(C)cc1O. The number of rotatable bonds is 8. The summed E-state index contributed by atoms with van der Waals surface area (Å²) in [7, 11) is 0. The number of nitrogens with one attached hydrogen (secondary N) is 1. The lowest BCUT2D eigenvalue weighted by Gasteiger charge is -2.24. The van der Waals surface area contributed by atoms with Crippen LogP contribution in [0.2, 0.25) is 0 Å². The molecule has 2 N–H and O–H groups in total. The Hall–Kier alpha value is -1.02. The van der Waals surface area contributed by atoms with E-state index >= 15 is 0 Å². The zero-order chi connectivity index (χ0) is 14.3. The Bertz CT molecular complexity index is 376.